The van der Waals surface area contributed by atoms with Crippen molar-refractivity contribution in [3.05, 3.63) is 0 Å². The van der Waals surface area contributed by atoms with Crippen LogP contribution in [0.4, 0.5) is 0 Å². The average Bonchev–Trinajstić information content (AvgIpc) is 3.36. The van der Waals surface area contributed by atoms with Crippen LogP contribution in [0, 0.1) is 17.8 Å². The molecule has 0 aromatic rings. The van der Waals surface area contributed by atoms with E-state index in [-0.39, 0.29) is 31.1 Å². The van der Waals surface area contributed by atoms with Crippen molar-refractivity contribution in [1.29, 1.82) is 0 Å². The molecule has 0 aliphatic carbocycles. The molecule has 0 aliphatic heterocycles. The van der Waals surface area contributed by atoms with E-state index in [9.17, 15) is 14.4 Å². The van der Waals surface area contributed by atoms with Crippen LogP contribution < -0.4 is 0 Å². The van der Waals surface area contributed by atoms with Gasteiger partial charge in [0.1, 0.15) is 13.2 Å². The Hall–Kier alpha value is -1.59. The van der Waals surface area contributed by atoms with Gasteiger partial charge in [-0.3, -0.25) is 14.4 Å². The standard InChI is InChI=1S/C66H128O6/c1-7-62(6)54-48-42-36-30-24-18-14-10-8-9-11-15-19-25-31-37-43-49-55-64(67)70-58-63(59-71-65(68)56-50-44-38-32-27-21-23-29-35-41-47-53-61(4)5)72-66(69)57-51-45-39-33-26-20-16-12-13-17-22-28-34-40-46-52-60(2)3/h60-63H,7-59H2,1-6H3/t62?,63-/m1/s1. The molecule has 6 nitrogen and oxygen atoms in total. The fourth-order valence-corrected chi connectivity index (χ4v) is 10.2. The Kier molecular flexibility index (Phi) is 55.9. The average molecular weight is 1020 g/mol. The number of carbonyl (C=O) groups is 3. The molecule has 0 aromatic carbocycles. The smallest absolute Gasteiger partial charge is 0.306 e. The molecule has 6 heteroatoms. The van der Waals surface area contributed by atoms with Gasteiger partial charge in [-0.2, -0.15) is 0 Å². The molecule has 0 amide bonds. The summed E-state index contributed by atoms with van der Waals surface area (Å²) in [4.78, 5) is 38.3. The van der Waals surface area contributed by atoms with Crippen LogP contribution in [-0.4, -0.2) is 37.2 Å². The molecular formula is C66H128O6. The molecule has 0 aliphatic rings. The van der Waals surface area contributed by atoms with Gasteiger partial charge in [-0.05, 0) is 37.0 Å². The SMILES string of the molecule is CCC(C)CCCCCCCCCCCCCCCCCCCCC(=O)OC[C@H](COC(=O)CCCCCCCCCCCCCC(C)C)OC(=O)CCCCCCCCCCCCCCCCCC(C)C. The Morgan fingerprint density at radius 2 is 0.486 bits per heavy atom. The molecule has 2 atom stereocenters. The number of esters is 3. The number of unbranched alkanes of at least 4 members (excludes halogenated alkanes) is 41. The molecular weight excluding hydrogens is 889 g/mol. The second-order valence-corrected chi connectivity index (χ2v) is 24.0. The molecule has 0 heterocycles. The lowest BCUT2D eigenvalue weighted by molar-refractivity contribution is -0.167. The van der Waals surface area contributed by atoms with Gasteiger partial charge < -0.3 is 14.2 Å². The lowest BCUT2D eigenvalue weighted by Crippen LogP contribution is -2.30. The molecule has 0 rings (SSSR count). The van der Waals surface area contributed by atoms with Gasteiger partial charge in [-0.25, -0.2) is 0 Å². The van der Waals surface area contributed by atoms with E-state index in [2.05, 4.69) is 41.5 Å². The van der Waals surface area contributed by atoms with Gasteiger partial charge in [0.25, 0.3) is 0 Å². The monoisotopic (exact) mass is 1020 g/mol. The highest BCUT2D eigenvalue weighted by Gasteiger charge is 2.19. The molecule has 428 valence electrons. The van der Waals surface area contributed by atoms with Gasteiger partial charge in [0.05, 0.1) is 0 Å². The van der Waals surface area contributed by atoms with Crippen molar-refractivity contribution < 1.29 is 28.6 Å². The van der Waals surface area contributed by atoms with E-state index >= 15 is 0 Å². The van der Waals surface area contributed by atoms with E-state index in [1.807, 2.05) is 0 Å². The van der Waals surface area contributed by atoms with Crippen molar-refractivity contribution in [2.75, 3.05) is 13.2 Å². The molecule has 0 radical (unpaired) electrons. The van der Waals surface area contributed by atoms with Crippen LogP contribution in [0.15, 0.2) is 0 Å². The third-order valence-corrected chi connectivity index (χ3v) is 15.5. The van der Waals surface area contributed by atoms with Crippen LogP contribution in [0.3, 0.4) is 0 Å². The Bertz CT molecular complexity index is 1120. The molecule has 0 bridgehead atoms. The van der Waals surface area contributed by atoms with Crippen LogP contribution in [0.5, 0.6) is 0 Å². The first-order valence-corrected chi connectivity index (χ1v) is 32.6. The zero-order chi connectivity index (χ0) is 52.6. The molecule has 0 saturated heterocycles. The van der Waals surface area contributed by atoms with Crippen LogP contribution in [-0.2, 0) is 28.6 Å². The first-order chi connectivity index (χ1) is 35.1. The molecule has 0 saturated carbocycles. The van der Waals surface area contributed by atoms with E-state index in [1.165, 1.54) is 250 Å². The normalized spacial score (nSPS) is 12.5. The van der Waals surface area contributed by atoms with E-state index in [0.717, 1.165) is 75.5 Å². The van der Waals surface area contributed by atoms with Crippen molar-refractivity contribution in [1.82, 2.24) is 0 Å². The van der Waals surface area contributed by atoms with E-state index in [0.29, 0.717) is 19.3 Å². The second-order valence-electron chi connectivity index (χ2n) is 24.0. The minimum atomic E-state index is -0.765. The molecule has 72 heavy (non-hydrogen) atoms. The second kappa shape index (κ2) is 57.1. The predicted octanol–water partition coefficient (Wildman–Crippen LogP) is 21.8. The highest BCUT2D eigenvalue weighted by molar-refractivity contribution is 5.71. The van der Waals surface area contributed by atoms with Crippen LogP contribution in [0.25, 0.3) is 0 Å². The summed E-state index contributed by atoms with van der Waals surface area (Å²) >= 11 is 0. The summed E-state index contributed by atoms with van der Waals surface area (Å²) in [6, 6.07) is 0. The Labute approximate surface area is 450 Å². The minimum absolute atomic E-state index is 0.0625. The van der Waals surface area contributed by atoms with Crippen molar-refractivity contribution in [2.24, 2.45) is 17.8 Å². The zero-order valence-corrected chi connectivity index (χ0v) is 49.7. The minimum Gasteiger partial charge on any atom is -0.462 e. The van der Waals surface area contributed by atoms with Gasteiger partial charge in [0.2, 0.25) is 0 Å². The first-order valence-electron chi connectivity index (χ1n) is 32.6. The summed E-state index contributed by atoms with van der Waals surface area (Å²) < 4.78 is 17.0. The van der Waals surface area contributed by atoms with E-state index in [1.54, 1.807) is 0 Å². The van der Waals surface area contributed by atoms with Crippen LogP contribution in [0.1, 0.15) is 369 Å². The summed E-state index contributed by atoms with van der Waals surface area (Å²) in [5.41, 5.74) is 0. The number of rotatable bonds is 59. The van der Waals surface area contributed by atoms with Crippen molar-refractivity contribution in [3.63, 3.8) is 0 Å². The molecule has 1 unspecified atom stereocenters. The first kappa shape index (κ1) is 70.4. The number of carbonyl (C=O) groups excluding carboxylic acids is 3. The van der Waals surface area contributed by atoms with Gasteiger partial charge >= 0.3 is 17.9 Å². The number of ether oxygens (including phenoxy) is 3. The molecule has 0 fully saturated rings. The van der Waals surface area contributed by atoms with Gasteiger partial charge in [0.15, 0.2) is 6.10 Å². The van der Waals surface area contributed by atoms with E-state index < -0.39 is 6.10 Å². The summed E-state index contributed by atoms with van der Waals surface area (Å²) in [6.07, 6.45) is 62.4. The van der Waals surface area contributed by atoms with Gasteiger partial charge in [-0.15, -0.1) is 0 Å². The quantitative estimate of drug-likeness (QED) is 0.0343. The summed E-state index contributed by atoms with van der Waals surface area (Å²) in [6.45, 7) is 13.8. The highest BCUT2D eigenvalue weighted by atomic mass is 16.6. The Balaban J connectivity index is 4.26. The molecule has 0 aromatic heterocycles. The Morgan fingerprint density at radius 1 is 0.278 bits per heavy atom. The topological polar surface area (TPSA) is 78.9 Å². The third-order valence-electron chi connectivity index (χ3n) is 15.5. The fraction of sp³-hybridized carbons (Fsp3) is 0.955. The van der Waals surface area contributed by atoms with Crippen molar-refractivity contribution >= 4 is 17.9 Å². The maximum absolute atomic E-state index is 12.9. The lowest BCUT2D eigenvalue weighted by atomic mass is 9.99. The highest BCUT2D eigenvalue weighted by Crippen LogP contribution is 2.20. The lowest BCUT2D eigenvalue weighted by Gasteiger charge is -2.18. The third kappa shape index (κ3) is 57.7. The summed E-state index contributed by atoms with van der Waals surface area (Å²) in [5, 5.41) is 0. The fourth-order valence-electron chi connectivity index (χ4n) is 10.2. The summed E-state index contributed by atoms with van der Waals surface area (Å²) in [7, 11) is 0. The van der Waals surface area contributed by atoms with Crippen LogP contribution in [0.2, 0.25) is 0 Å². The Morgan fingerprint density at radius 3 is 0.722 bits per heavy atom. The van der Waals surface area contributed by atoms with Crippen LogP contribution >= 0.6 is 0 Å². The van der Waals surface area contributed by atoms with Crippen molar-refractivity contribution in [3.8, 4) is 0 Å². The van der Waals surface area contributed by atoms with Gasteiger partial charge in [-0.1, -0.05) is 330 Å². The van der Waals surface area contributed by atoms with E-state index in [4.69, 9.17) is 14.2 Å². The summed E-state index contributed by atoms with van der Waals surface area (Å²) in [5.74, 6) is 1.75. The maximum atomic E-state index is 12.9. The predicted molar refractivity (Wildman–Crippen MR) is 312 cm³/mol. The zero-order valence-electron chi connectivity index (χ0n) is 49.7. The maximum Gasteiger partial charge on any atom is 0.306 e. The van der Waals surface area contributed by atoms with Crippen molar-refractivity contribution in [2.45, 2.75) is 375 Å². The molecule has 0 N–H and O–H groups in total. The van der Waals surface area contributed by atoms with Gasteiger partial charge in [0, 0.05) is 19.3 Å². The largest absolute Gasteiger partial charge is 0.462 e. The number of hydrogen-bond acceptors (Lipinski definition) is 6. The number of hydrogen-bond donors (Lipinski definition) is 0. The molecule has 0 spiro atoms.